The second-order valence-corrected chi connectivity index (χ2v) is 6.16. The number of aromatic nitrogens is 2. The predicted octanol–water partition coefficient (Wildman–Crippen LogP) is 3.18. The summed E-state index contributed by atoms with van der Waals surface area (Å²) in [6.07, 6.45) is 4.94. The van der Waals surface area contributed by atoms with E-state index in [1.807, 2.05) is 49.4 Å². The highest BCUT2D eigenvalue weighted by Gasteiger charge is 2.07. The number of nitrogens with one attached hydrogen (secondary N) is 1. The molecule has 5 nitrogen and oxygen atoms in total. The summed E-state index contributed by atoms with van der Waals surface area (Å²) in [5.74, 6) is 0.136. The molecule has 0 saturated heterocycles. The van der Waals surface area contributed by atoms with Crippen LogP contribution < -0.4 is 5.43 Å². The van der Waals surface area contributed by atoms with Crippen LogP contribution in [0.1, 0.15) is 11.3 Å². The number of carbonyl (C=O) groups is 1. The van der Waals surface area contributed by atoms with Crippen molar-refractivity contribution in [2.24, 2.45) is 5.10 Å². The van der Waals surface area contributed by atoms with Crippen LogP contribution in [0.15, 0.2) is 64.9 Å². The number of carbonyl (C=O) groups excluding carboxylic acids is 1. The summed E-state index contributed by atoms with van der Waals surface area (Å²) in [6.45, 7) is 1.95. The average Bonchev–Trinajstić information content (AvgIpc) is 2.60. The fourth-order valence-corrected chi connectivity index (χ4v) is 3.13. The number of aryl methyl sites for hydroxylation is 1. The van der Waals surface area contributed by atoms with Crippen LogP contribution in [0.2, 0.25) is 0 Å². The van der Waals surface area contributed by atoms with Gasteiger partial charge < -0.3 is 0 Å². The lowest BCUT2D eigenvalue weighted by molar-refractivity contribution is -0.118. The minimum absolute atomic E-state index is 0.154. The smallest absolute Gasteiger partial charge is 0.250 e. The zero-order valence-electron chi connectivity index (χ0n) is 13.1. The Morgan fingerprint density at radius 1 is 1.29 bits per heavy atom. The summed E-state index contributed by atoms with van der Waals surface area (Å²) in [4.78, 5) is 21.5. The molecule has 0 atom stereocenters. The molecule has 0 fully saturated rings. The number of hydrogen-bond donors (Lipinski definition) is 1. The summed E-state index contributed by atoms with van der Waals surface area (Å²) in [5.41, 5.74) is 5.24. The molecule has 3 rings (SSSR count). The largest absolute Gasteiger partial charge is 0.272 e. The Kier molecular flexibility index (Phi) is 5.18. The highest BCUT2D eigenvalue weighted by atomic mass is 32.2. The molecule has 0 radical (unpaired) electrons. The number of fused-ring (bicyclic) bond motifs is 1. The van der Waals surface area contributed by atoms with E-state index in [0.717, 1.165) is 27.1 Å². The van der Waals surface area contributed by atoms with Crippen molar-refractivity contribution in [3.63, 3.8) is 0 Å². The molecule has 1 N–H and O–H groups in total. The van der Waals surface area contributed by atoms with Gasteiger partial charge in [0.25, 0.3) is 0 Å². The molecule has 1 aromatic carbocycles. The zero-order valence-corrected chi connectivity index (χ0v) is 14.0. The monoisotopic (exact) mass is 336 g/mol. The molecule has 3 aromatic rings. The molecule has 120 valence electrons. The number of rotatable bonds is 5. The molecule has 0 unspecified atom stereocenters. The van der Waals surface area contributed by atoms with Crippen LogP contribution in [0.25, 0.3) is 10.9 Å². The van der Waals surface area contributed by atoms with E-state index in [4.69, 9.17) is 0 Å². The van der Waals surface area contributed by atoms with Gasteiger partial charge in [0.05, 0.1) is 17.5 Å². The summed E-state index contributed by atoms with van der Waals surface area (Å²) >= 11 is 1.48. The van der Waals surface area contributed by atoms with Crippen molar-refractivity contribution >= 4 is 34.8 Å². The summed E-state index contributed by atoms with van der Waals surface area (Å²) in [6, 6.07) is 13.6. The lowest BCUT2D eigenvalue weighted by atomic mass is 10.2. The molecular weight excluding hydrogens is 320 g/mol. The van der Waals surface area contributed by atoms with Crippen molar-refractivity contribution in [1.29, 1.82) is 0 Å². The van der Waals surface area contributed by atoms with Crippen molar-refractivity contribution < 1.29 is 4.79 Å². The molecule has 0 saturated carbocycles. The fourth-order valence-electron chi connectivity index (χ4n) is 2.20. The Bertz CT molecular complexity index is 881. The zero-order chi connectivity index (χ0) is 16.8. The molecule has 0 aliphatic heterocycles. The van der Waals surface area contributed by atoms with Gasteiger partial charge in [0.15, 0.2) is 0 Å². The van der Waals surface area contributed by atoms with Crippen molar-refractivity contribution in [1.82, 2.24) is 15.4 Å². The van der Waals surface area contributed by atoms with E-state index in [0.29, 0.717) is 0 Å². The third kappa shape index (κ3) is 4.17. The summed E-state index contributed by atoms with van der Waals surface area (Å²) in [7, 11) is 0. The molecule has 0 aliphatic carbocycles. The molecule has 2 aromatic heterocycles. The second kappa shape index (κ2) is 7.70. The number of thioether (sulfide) groups is 1. The van der Waals surface area contributed by atoms with Crippen LogP contribution in [0.3, 0.4) is 0 Å². The summed E-state index contributed by atoms with van der Waals surface area (Å²) in [5, 5.41) is 5.00. The maximum absolute atomic E-state index is 12.0. The normalized spacial score (nSPS) is 11.0. The second-order valence-electron chi connectivity index (χ2n) is 5.15. The van der Waals surface area contributed by atoms with E-state index in [1.54, 1.807) is 18.6 Å². The quantitative estimate of drug-likeness (QED) is 0.441. The van der Waals surface area contributed by atoms with Crippen LogP contribution in [-0.4, -0.2) is 27.8 Å². The third-order valence-electron chi connectivity index (χ3n) is 3.25. The first kappa shape index (κ1) is 16.1. The highest BCUT2D eigenvalue weighted by Crippen LogP contribution is 2.27. The van der Waals surface area contributed by atoms with Crippen LogP contribution in [-0.2, 0) is 4.79 Å². The predicted molar refractivity (Wildman–Crippen MR) is 97.2 cm³/mol. The molecule has 1 amide bonds. The standard InChI is InChI=1S/C18H16N4OS/c1-13-9-17(15-6-2-3-7-16(15)21-13)24-12-18(23)22-20-11-14-5-4-8-19-10-14/h2-11H,12H2,1H3,(H,22,23)/b20-11+. The number of hydrogen-bond acceptors (Lipinski definition) is 5. The van der Waals surface area contributed by atoms with E-state index in [2.05, 4.69) is 20.5 Å². The lowest BCUT2D eigenvalue weighted by Crippen LogP contribution is -2.19. The van der Waals surface area contributed by atoms with Crippen LogP contribution >= 0.6 is 11.8 Å². The first-order chi connectivity index (χ1) is 11.7. The SMILES string of the molecule is Cc1cc(SCC(=O)N/N=C/c2cccnc2)c2ccccc2n1. The van der Waals surface area contributed by atoms with Gasteiger partial charge >= 0.3 is 0 Å². The molecule has 24 heavy (non-hydrogen) atoms. The van der Waals surface area contributed by atoms with E-state index < -0.39 is 0 Å². The van der Waals surface area contributed by atoms with Crippen molar-refractivity contribution in [2.75, 3.05) is 5.75 Å². The molecular formula is C18H16N4OS. The van der Waals surface area contributed by atoms with Gasteiger partial charge in [0.2, 0.25) is 5.91 Å². The van der Waals surface area contributed by atoms with Crippen LogP contribution in [0.5, 0.6) is 0 Å². The van der Waals surface area contributed by atoms with Gasteiger partial charge in [-0.3, -0.25) is 14.8 Å². The Labute approximate surface area is 144 Å². The Morgan fingerprint density at radius 3 is 3.00 bits per heavy atom. The maximum atomic E-state index is 12.0. The van der Waals surface area contributed by atoms with Crippen LogP contribution in [0, 0.1) is 6.92 Å². The van der Waals surface area contributed by atoms with E-state index in [-0.39, 0.29) is 11.7 Å². The summed E-state index contributed by atoms with van der Waals surface area (Å²) < 4.78 is 0. The molecule has 2 heterocycles. The minimum atomic E-state index is -0.154. The lowest BCUT2D eigenvalue weighted by Gasteiger charge is -2.07. The Hall–Kier alpha value is -2.73. The topological polar surface area (TPSA) is 67.2 Å². The van der Waals surface area contributed by atoms with Gasteiger partial charge in [-0.15, -0.1) is 11.8 Å². The number of para-hydroxylation sites is 1. The number of amides is 1. The van der Waals surface area contributed by atoms with Gasteiger partial charge in [-0.25, -0.2) is 5.43 Å². The fraction of sp³-hybridized carbons (Fsp3) is 0.111. The van der Waals surface area contributed by atoms with E-state index in [1.165, 1.54) is 11.8 Å². The van der Waals surface area contributed by atoms with Gasteiger partial charge in [-0.05, 0) is 25.1 Å². The number of nitrogens with zero attached hydrogens (tertiary/aromatic N) is 3. The Morgan fingerprint density at radius 2 is 2.17 bits per heavy atom. The molecule has 0 aliphatic rings. The number of benzene rings is 1. The average molecular weight is 336 g/mol. The number of pyridine rings is 2. The Balaban J connectivity index is 1.61. The van der Waals surface area contributed by atoms with Crippen LogP contribution in [0.4, 0.5) is 0 Å². The van der Waals surface area contributed by atoms with Gasteiger partial charge in [-0.1, -0.05) is 24.3 Å². The maximum Gasteiger partial charge on any atom is 0.250 e. The minimum Gasteiger partial charge on any atom is -0.272 e. The molecule has 0 spiro atoms. The van der Waals surface area contributed by atoms with Gasteiger partial charge in [0.1, 0.15) is 0 Å². The van der Waals surface area contributed by atoms with E-state index >= 15 is 0 Å². The van der Waals surface area contributed by atoms with Gasteiger partial charge in [0, 0.05) is 33.9 Å². The molecule has 0 bridgehead atoms. The van der Waals surface area contributed by atoms with Crippen molar-refractivity contribution in [3.8, 4) is 0 Å². The highest BCUT2D eigenvalue weighted by molar-refractivity contribution is 8.00. The third-order valence-corrected chi connectivity index (χ3v) is 4.31. The molecule has 6 heteroatoms. The van der Waals surface area contributed by atoms with Gasteiger partial charge in [-0.2, -0.15) is 5.10 Å². The van der Waals surface area contributed by atoms with Crippen molar-refractivity contribution in [2.45, 2.75) is 11.8 Å². The first-order valence-electron chi connectivity index (χ1n) is 7.43. The van der Waals surface area contributed by atoms with Crippen molar-refractivity contribution in [3.05, 3.63) is 66.1 Å². The van der Waals surface area contributed by atoms with E-state index in [9.17, 15) is 4.79 Å². The number of hydrazone groups is 1. The first-order valence-corrected chi connectivity index (χ1v) is 8.42.